The molecule has 1 unspecified atom stereocenters. The van der Waals surface area contributed by atoms with Crippen molar-refractivity contribution in [1.29, 1.82) is 0 Å². The van der Waals surface area contributed by atoms with Gasteiger partial charge in [0.05, 0.1) is 5.92 Å². The monoisotopic (exact) mass is 367 g/mol. The number of nitrogens with zero attached hydrogens (tertiary/aromatic N) is 1. The van der Waals surface area contributed by atoms with Crippen molar-refractivity contribution in [3.63, 3.8) is 0 Å². The van der Waals surface area contributed by atoms with E-state index in [0.717, 1.165) is 36.4 Å². The lowest BCUT2D eigenvalue weighted by atomic mass is 9.97. The highest BCUT2D eigenvalue weighted by molar-refractivity contribution is 6.02. The summed E-state index contributed by atoms with van der Waals surface area (Å²) in [5.41, 5.74) is 7.24. The fraction of sp³-hybridized carbons (Fsp3) is 0.333. The largest absolute Gasteiger partial charge is 0.462 e. The maximum Gasteiger partial charge on any atom is 0.248 e. The Bertz CT molecular complexity index is 841. The topological polar surface area (TPSA) is 88.6 Å². The van der Waals surface area contributed by atoms with Crippen molar-refractivity contribution in [3.8, 4) is 0 Å². The Kier molecular flexibility index (Phi) is 6.08. The van der Waals surface area contributed by atoms with E-state index in [9.17, 15) is 9.59 Å². The van der Waals surface area contributed by atoms with E-state index in [-0.39, 0.29) is 17.7 Å². The molecule has 1 fully saturated rings. The number of carbonyl (C=O) groups is 2. The minimum Gasteiger partial charge on any atom is -0.462 e. The predicted octanol–water partition coefficient (Wildman–Crippen LogP) is 2.94. The van der Waals surface area contributed by atoms with E-state index >= 15 is 0 Å². The summed E-state index contributed by atoms with van der Waals surface area (Å²) in [4.78, 5) is 26.0. The maximum atomic E-state index is 12.3. The lowest BCUT2D eigenvalue weighted by molar-refractivity contribution is -0.123. The number of piperidine rings is 1. The van der Waals surface area contributed by atoms with E-state index in [1.165, 1.54) is 6.08 Å². The van der Waals surface area contributed by atoms with Crippen LogP contribution in [-0.2, 0) is 16.1 Å². The summed E-state index contributed by atoms with van der Waals surface area (Å²) < 4.78 is 5.43. The van der Waals surface area contributed by atoms with Crippen molar-refractivity contribution < 1.29 is 14.0 Å². The summed E-state index contributed by atoms with van der Waals surface area (Å²) in [6.07, 6.45) is 4.90. The van der Waals surface area contributed by atoms with Gasteiger partial charge in [0.2, 0.25) is 11.8 Å². The molecule has 0 saturated carbocycles. The van der Waals surface area contributed by atoms with E-state index in [4.69, 9.17) is 10.2 Å². The number of nitrogens with two attached hydrogens (primary N) is 1. The van der Waals surface area contributed by atoms with Gasteiger partial charge >= 0.3 is 0 Å². The average Bonchev–Trinajstić information content (AvgIpc) is 3.07. The van der Waals surface area contributed by atoms with E-state index < -0.39 is 0 Å². The first-order chi connectivity index (χ1) is 13.0. The molecule has 0 aliphatic carbocycles. The minimum absolute atomic E-state index is 0.0970. The van der Waals surface area contributed by atoms with Crippen LogP contribution in [0.25, 0.3) is 6.08 Å². The third kappa shape index (κ3) is 5.31. The molecule has 2 amide bonds. The molecule has 2 aromatic rings. The van der Waals surface area contributed by atoms with Crippen LogP contribution < -0.4 is 11.1 Å². The van der Waals surface area contributed by atoms with Gasteiger partial charge in [-0.25, -0.2) is 0 Å². The Labute approximate surface area is 159 Å². The molecule has 1 atom stereocenters. The third-order valence-corrected chi connectivity index (χ3v) is 4.74. The van der Waals surface area contributed by atoms with E-state index in [2.05, 4.69) is 10.2 Å². The van der Waals surface area contributed by atoms with Gasteiger partial charge in [-0.3, -0.25) is 14.5 Å². The first kappa shape index (κ1) is 18.9. The second kappa shape index (κ2) is 8.68. The average molecular weight is 367 g/mol. The number of hydrogen-bond donors (Lipinski definition) is 2. The van der Waals surface area contributed by atoms with Crippen molar-refractivity contribution in [2.75, 3.05) is 18.4 Å². The standard InChI is InChI=1S/C21H25N3O3/c1-15-8-9-18(27-15)10-11-20(25)23-19-7-3-2-5-16(19)13-24-12-4-6-17(14-24)21(22)26/h2-3,5,7-11,17H,4,6,12-14H2,1H3,(H2,22,26)(H,23,25). The molecule has 27 heavy (non-hydrogen) atoms. The molecule has 6 nitrogen and oxygen atoms in total. The third-order valence-electron chi connectivity index (χ3n) is 4.74. The van der Waals surface area contributed by atoms with Gasteiger partial charge in [0.15, 0.2) is 0 Å². The van der Waals surface area contributed by atoms with Crippen LogP contribution in [-0.4, -0.2) is 29.8 Å². The molecule has 1 aliphatic rings. The van der Waals surface area contributed by atoms with Crippen LogP contribution in [0.2, 0.25) is 0 Å². The minimum atomic E-state index is -0.236. The second-order valence-corrected chi connectivity index (χ2v) is 6.90. The second-order valence-electron chi connectivity index (χ2n) is 6.90. The zero-order valence-electron chi connectivity index (χ0n) is 15.5. The molecule has 6 heteroatoms. The van der Waals surface area contributed by atoms with Crippen LogP contribution in [0.15, 0.2) is 46.9 Å². The highest BCUT2D eigenvalue weighted by atomic mass is 16.3. The molecule has 1 aromatic heterocycles. The number of carbonyl (C=O) groups excluding carboxylic acids is 2. The van der Waals surface area contributed by atoms with Crippen molar-refractivity contribution >= 4 is 23.6 Å². The summed E-state index contributed by atoms with van der Waals surface area (Å²) >= 11 is 0. The molecule has 1 aromatic carbocycles. The maximum absolute atomic E-state index is 12.3. The van der Waals surface area contributed by atoms with E-state index in [1.807, 2.05) is 43.3 Å². The zero-order valence-corrected chi connectivity index (χ0v) is 15.5. The van der Waals surface area contributed by atoms with Gasteiger partial charge in [0, 0.05) is 24.9 Å². The van der Waals surface area contributed by atoms with Crippen LogP contribution in [0.3, 0.4) is 0 Å². The number of nitrogens with one attached hydrogen (secondary N) is 1. The molecule has 0 bridgehead atoms. The van der Waals surface area contributed by atoms with Gasteiger partial charge in [0.1, 0.15) is 11.5 Å². The number of rotatable bonds is 6. The van der Waals surface area contributed by atoms with Crippen LogP contribution in [0.1, 0.15) is 29.9 Å². The van der Waals surface area contributed by atoms with Gasteiger partial charge in [-0.2, -0.15) is 0 Å². The highest BCUT2D eigenvalue weighted by Crippen LogP contribution is 2.22. The Hall–Kier alpha value is -2.86. The number of aryl methyl sites for hydroxylation is 1. The van der Waals surface area contributed by atoms with Crippen molar-refractivity contribution in [3.05, 3.63) is 59.6 Å². The predicted molar refractivity (Wildman–Crippen MR) is 105 cm³/mol. The fourth-order valence-corrected chi connectivity index (χ4v) is 3.33. The molecular weight excluding hydrogens is 342 g/mol. The number of furan rings is 1. The normalized spacial score (nSPS) is 17.9. The lowest BCUT2D eigenvalue weighted by Gasteiger charge is -2.31. The Morgan fingerprint density at radius 2 is 2.11 bits per heavy atom. The van der Waals surface area contributed by atoms with Gasteiger partial charge in [-0.1, -0.05) is 18.2 Å². The summed E-state index contributed by atoms with van der Waals surface area (Å²) in [6.45, 7) is 4.11. The Morgan fingerprint density at radius 1 is 1.30 bits per heavy atom. The molecule has 1 saturated heterocycles. The van der Waals surface area contributed by atoms with Crippen molar-refractivity contribution in [2.45, 2.75) is 26.3 Å². The smallest absolute Gasteiger partial charge is 0.248 e. The molecule has 3 rings (SSSR count). The van der Waals surface area contributed by atoms with Gasteiger partial charge in [-0.15, -0.1) is 0 Å². The summed E-state index contributed by atoms with van der Waals surface area (Å²) in [5.74, 6) is 0.892. The number of hydrogen-bond acceptors (Lipinski definition) is 4. The highest BCUT2D eigenvalue weighted by Gasteiger charge is 2.24. The van der Waals surface area contributed by atoms with E-state index in [0.29, 0.717) is 18.8 Å². The molecule has 142 valence electrons. The SMILES string of the molecule is Cc1ccc(C=CC(=O)Nc2ccccc2CN2CCCC(C(N)=O)C2)o1. The molecule has 3 N–H and O–H groups in total. The van der Waals surface area contributed by atoms with Crippen LogP contribution in [0.5, 0.6) is 0 Å². The molecule has 1 aliphatic heterocycles. The summed E-state index contributed by atoms with van der Waals surface area (Å²) in [7, 11) is 0. The fourth-order valence-electron chi connectivity index (χ4n) is 3.33. The van der Waals surface area contributed by atoms with Crippen LogP contribution in [0.4, 0.5) is 5.69 Å². The van der Waals surface area contributed by atoms with E-state index in [1.54, 1.807) is 6.08 Å². The number of amides is 2. The zero-order chi connectivity index (χ0) is 19.2. The first-order valence-electron chi connectivity index (χ1n) is 9.16. The number of primary amides is 1. The Balaban J connectivity index is 1.64. The number of para-hydroxylation sites is 1. The Morgan fingerprint density at radius 3 is 2.85 bits per heavy atom. The van der Waals surface area contributed by atoms with Crippen LogP contribution >= 0.6 is 0 Å². The number of likely N-dealkylation sites (tertiary alicyclic amines) is 1. The van der Waals surface area contributed by atoms with Gasteiger partial charge < -0.3 is 15.5 Å². The number of anilines is 1. The van der Waals surface area contributed by atoms with Gasteiger partial charge in [-0.05, 0) is 56.1 Å². The lowest BCUT2D eigenvalue weighted by Crippen LogP contribution is -2.40. The molecule has 2 heterocycles. The first-order valence-corrected chi connectivity index (χ1v) is 9.16. The quantitative estimate of drug-likeness (QED) is 0.768. The molecule has 0 radical (unpaired) electrons. The number of benzene rings is 1. The van der Waals surface area contributed by atoms with Crippen molar-refractivity contribution in [2.24, 2.45) is 11.7 Å². The van der Waals surface area contributed by atoms with Gasteiger partial charge in [0.25, 0.3) is 0 Å². The summed E-state index contributed by atoms with van der Waals surface area (Å²) in [5, 5.41) is 2.93. The summed E-state index contributed by atoms with van der Waals surface area (Å²) in [6, 6.07) is 11.4. The molecule has 0 spiro atoms. The van der Waals surface area contributed by atoms with Crippen LogP contribution in [0, 0.1) is 12.8 Å². The molecular formula is C21H25N3O3. The van der Waals surface area contributed by atoms with Crippen molar-refractivity contribution in [1.82, 2.24) is 4.90 Å².